The molecule has 1 saturated heterocycles. The van der Waals surface area contributed by atoms with E-state index in [0.29, 0.717) is 42.7 Å². The van der Waals surface area contributed by atoms with E-state index in [4.69, 9.17) is 9.47 Å². The fraction of sp³-hybridized carbons (Fsp3) is 0.655. The number of ether oxygens (including phenoxy) is 2. The van der Waals surface area contributed by atoms with E-state index in [0.717, 1.165) is 30.7 Å². The van der Waals surface area contributed by atoms with Gasteiger partial charge < -0.3 is 29.9 Å². The van der Waals surface area contributed by atoms with Crippen LogP contribution in [0.25, 0.3) is 0 Å². The van der Waals surface area contributed by atoms with Crippen molar-refractivity contribution in [1.29, 1.82) is 0 Å². The number of aliphatic hydroxyl groups excluding tert-OH is 2. The molecule has 8 atom stereocenters. The molecule has 8 nitrogen and oxygen atoms in total. The molecule has 0 aromatic heterocycles. The maximum Gasteiger partial charge on any atom is 0.247 e. The van der Waals surface area contributed by atoms with Gasteiger partial charge in [-0.25, -0.2) is 0 Å². The van der Waals surface area contributed by atoms with Gasteiger partial charge in [-0.1, -0.05) is 24.6 Å². The number of benzene rings is 1. The SMILES string of the molecule is O=C(NCCO)C1=C[C@@H](N(C[C@@H]2CCCO2)C(=O)CC2CC3CCC2C3)[C@H](O)[C@H]2Oc3ccccc3[C@@H]12. The van der Waals surface area contributed by atoms with Crippen molar-refractivity contribution in [2.45, 2.75) is 75.2 Å². The van der Waals surface area contributed by atoms with Gasteiger partial charge in [0.15, 0.2) is 0 Å². The number of amides is 2. The van der Waals surface area contributed by atoms with Gasteiger partial charge in [-0.3, -0.25) is 9.59 Å². The molecule has 0 spiro atoms. The number of nitrogens with one attached hydrogen (secondary N) is 1. The Labute approximate surface area is 218 Å². The van der Waals surface area contributed by atoms with Crippen molar-refractivity contribution >= 4 is 11.8 Å². The van der Waals surface area contributed by atoms with E-state index in [-0.39, 0.29) is 31.1 Å². The van der Waals surface area contributed by atoms with Gasteiger partial charge in [-0.15, -0.1) is 0 Å². The second-order valence-electron chi connectivity index (χ2n) is 11.5. The zero-order valence-electron chi connectivity index (χ0n) is 21.3. The van der Waals surface area contributed by atoms with Crippen molar-refractivity contribution in [3.8, 4) is 5.75 Å². The van der Waals surface area contributed by atoms with E-state index in [1.165, 1.54) is 19.3 Å². The standard InChI is InChI=1S/C29H38N2O6/c32-10-9-30-29(35)22-15-23(27(34)28-26(22)21-5-1-2-6-24(21)37-28)31(16-20-4-3-11-36-20)25(33)14-19-13-17-7-8-18(19)12-17/h1-2,5-6,15,17-20,23,26-28,32,34H,3-4,7-14,16H2,(H,30,35)/t17?,18?,19?,20-,23+,26-,27-,28-/m0/s1. The largest absolute Gasteiger partial charge is 0.486 e. The van der Waals surface area contributed by atoms with Gasteiger partial charge in [0.25, 0.3) is 0 Å². The van der Waals surface area contributed by atoms with E-state index in [9.17, 15) is 19.8 Å². The first-order chi connectivity index (χ1) is 18.0. The third-order valence-electron chi connectivity index (χ3n) is 9.30. The molecule has 1 aromatic rings. The summed E-state index contributed by atoms with van der Waals surface area (Å²) in [6.45, 7) is 1.04. The number of nitrogens with zero attached hydrogens (tertiary/aromatic N) is 1. The lowest BCUT2D eigenvalue weighted by atomic mass is 9.77. The van der Waals surface area contributed by atoms with Gasteiger partial charge in [0.2, 0.25) is 11.8 Å². The Kier molecular flexibility index (Phi) is 6.99. The molecule has 8 heteroatoms. The van der Waals surface area contributed by atoms with Crippen LogP contribution in [0.5, 0.6) is 5.75 Å². The van der Waals surface area contributed by atoms with E-state index in [1.807, 2.05) is 24.3 Å². The summed E-state index contributed by atoms with van der Waals surface area (Å²) in [4.78, 5) is 29.0. The summed E-state index contributed by atoms with van der Waals surface area (Å²) in [7, 11) is 0. The van der Waals surface area contributed by atoms with Crippen LogP contribution >= 0.6 is 0 Å². The van der Waals surface area contributed by atoms with Gasteiger partial charge in [-0.05, 0) is 62.0 Å². The van der Waals surface area contributed by atoms with Crippen LogP contribution in [0, 0.1) is 17.8 Å². The molecular formula is C29H38N2O6. The molecule has 6 rings (SSSR count). The van der Waals surface area contributed by atoms with Crippen LogP contribution in [-0.2, 0) is 14.3 Å². The predicted molar refractivity (Wildman–Crippen MR) is 136 cm³/mol. The number of fused-ring (bicyclic) bond motifs is 5. The number of aliphatic hydroxyl groups is 2. The highest BCUT2D eigenvalue weighted by Crippen LogP contribution is 2.50. The molecule has 3 unspecified atom stereocenters. The number of carbonyl (C=O) groups excluding carboxylic acids is 2. The maximum absolute atomic E-state index is 13.9. The number of hydrogen-bond acceptors (Lipinski definition) is 6. The lowest BCUT2D eigenvalue weighted by molar-refractivity contribution is -0.140. The zero-order chi connectivity index (χ0) is 25.5. The summed E-state index contributed by atoms with van der Waals surface area (Å²) in [5.74, 6) is 1.71. The average Bonchev–Trinajstić information content (AvgIpc) is 3.71. The Balaban J connectivity index is 1.32. The Bertz CT molecular complexity index is 1050. The molecule has 2 heterocycles. The minimum atomic E-state index is -0.989. The third-order valence-corrected chi connectivity index (χ3v) is 9.30. The number of rotatable bonds is 8. The summed E-state index contributed by atoms with van der Waals surface area (Å²) in [6.07, 6.45) is 7.20. The van der Waals surface area contributed by atoms with E-state index >= 15 is 0 Å². The highest BCUT2D eigenvalue weighted by Gasteiger charge is 2.51. The molecule has 3 aliphatic carbocycles. The molecule has 1 aromatic carbocycles. The molecule has 5 aliphatic rings. The van der Waals surface area contributed by atoms with Crippen LogP contribution in [0.15, 0.2) is 35.9 Å². The van der Waals surface area contributed by atoms with Crippen LogP contribution in [-0.4, -0.2) is 77.6 Å². The van der Waals surface area contributed by atoms with Gasteiger partial charge in [0, 0.05) is 37.3 Å². The van der Waals surface area contributed by atoms with E-state index < -0.39 is 24.2 Å². The Morgan fingerprint density at radius 3 is 2.73 bits per heavy atom. The second-order valence-corrected chi connectivity index (χ2v) is 11.5. The first-order valence-electron chi connectivity index (χ1n) is 14.0. The van der Waals surface area contributed by atoms with Gasteiger partial charge in [0.1, 0.15) is 18.0 Å². The van der Waals surface area contributed by atoms with Crippen LogP contribution in [0.2, 0.25) is 0 Å². The molecule has 200 valence electrons. The zero-order valence-corrected chi connectivity index (χ0v) is 21.3. The lowest BCUT2D eigenvalue weighted by Crippen LogP contribution is -2.57. The summed E-state index contributed by atoms with van der Waals surface area (Å²) in [5, 5.41) is 23.7. The van der Waals surface area contributed by atoms with Crippen molar-refractivity contribution < 1.29 is 29.3 Å². The van der Waals surface area contributed by atoms with Crippen molar-refractivity contribution in [2.75, 3.05) is 26.3 Å². The minimum Gasteiger partial charge on any atom is -0.486 e. The monoisotopic (exact) mass is 510 g/mol. The molecular weight excluding hydrogens is 472 g/mol. The number of para-hydroxylation sites is 1. The summed E-state index contributed by atoms with van der Waals surface area (Å²) in [5.41, 5.74) is 1.33. The molecule has 2 amide bonds. The number of carbonyl (C=O) groups is 2. The molecule has 37 heavy (non-hydrogen) atoms. The first-order valence-corrected chi connectivity index (χ1v) is 14.0. The molecule has 0 radical (unpaired) electrons. The maximum atomic E-state index is 13.9. The van der Waals surface area contributed by atoms with Crippen LogP contribution in [0.4, 0.5) is 0 Å². The highest BCUT2D eigenvalue weighted by atomic mass is 16.5. The molecule has 2 bridgehead atoms. The fourth-order valence-corrected chi connectivity index (χ4v) is 7.56. The summed E-state index contributed by atoms with van der Waals surface area (Å²) >= 11 is 0. The van der Waals surface area contributed by atoms with E-state index in [1.54, 1.807) is 11.0 Å². The topological polar surface area (TPSA) is 108 Å². The molecule has 2 aliphatic heterocycles. The smallest absolute Gasteiger partial charge is 0.247 e. The minimum absolute atomic E-state index is 0.0254. The highest BCUT2D eigenvalue weighted by molar-refractivity contribution is 5.96. The summed E-state index contributed by atoms with van der Waals surface area (Å²) < 4.78 is 12.1. The van der Waals surface area contributed by atoms with Gasteiger partial charge in [-0.2, -0.15) is 0 Å². The second kappa shape index (κ2) is 10.4. The van der Waals surface area contributed by atoms with Crippen LogP contribution in [0.1, 0.15) is 56.4 Å². The van der Waals surface area contributed by atoms with Crippen molar-refractivity contribution in [3.05, 3.63) is 41.5 Å². The average molecular weight is 511 g/mol. The Morgan fingerprint density at radius 2 is 2.00 bits per heavy atom. The first kappa shape index (κ1) is 24.9. The fourth-order valence-electron chi connectivity index (χ4n) is 7.56. The normalized spacial score (nSPS) is 35.5. The van der Waals surface area contributed by atoms with E-state index in [2.05, 4.69) is 5.32 Å². The van der Waals surface area contributed by atoms with Crippen LogP contribution < -0.4 is 10.1 Å². The molecule has 2 saturated carbocycles. The Morgan fingerprint density at radius 1 is 1.14 bits per heavy atom. The third kappa shape index (κ3) is 4.68. The Hall–Kier alpha value is -2.42. The predicted octanol–water partition coefficient (Wildman–Crippen LogP) is 2.14. The van der Waals surface area contributed by atoms with Crippen molar-refractivity contribution in [3.63, 3.8) is 0 Å². The van der Waals surface area contributed by atoms with Crippen LogP contribution in [0.3, 0.4) is 0 Å². The van der Waals surface area contributed by atoms with Crippen molar-refractivity contribution in [1.82, 2.24) is 10.2 Å². The molecule has 3 N–H and O–H groups in total. The summed E-state index contributed by atoms with van der Waals surface area (Å²) in [6, 6.07) is 6.85. The van der Waals surface area contributed by atoms with Gasteiger partial charge in [0.05, 0.1) is 24.7 Å². The quantitative estimate of drug-likeness (QED) is 0.495. The van der Waals surface area contributed by atoms with Crippen molar-refractivity contribution in [2.24, 2.45) is 17.8 Å². The van der Waals surface area contributed by atoms with Gasteiger partial charge >= 0.3 is 0 Å². The molecule has 3 fully saturated rings. The number of hydrogen-bond donors (Lipinski definition) is 3. The lowest BCUT2D eigenvalue weighted by Gasteiger charge is -2.42.